The fourth-order valence-electron chi connectivity index (χ4n) is 2.11. The van der Waals surface area contributed by atoms with Crippen LogP contribution in [0, 0.1) is 10.1 Å². The third kappa shape index (κ3) is 9.84. The van der Waals surface area contributed by atoms with Crippen LogP contribution >= 0.6 is 0 Å². The molecule has 2 aromatic rings. The highest BCUT2D eigenvalue weighted by Gasteiger charge is 2.04. The number of nitrogens with two attached hydrogens (primary N) is 1. The summed E-state index contributed by atoms with van der Waals surface area (Å²) in [4.78, 5) is 32.0. The average Bonchev–Trinajstić information content (AvgIpc) is 2.72. The molecule has 0 saturated heterocycles. The van der Waals surface area contributed by atoms with E-state index in [0.29, 0.717) is 24.5 Å². The van der Waals surface area contributed by atoms with Crippen LogP contribution in [0.4, 0.5) is 11.4 Å². The molecule has 0 heterocycles. The van der Waals surface area contributed by atoms with Crippen LogP contribution in [-0.4, -0.2) is 30.1 Å². The number of hydrogen-bond donors (Lipinski definition) is 1. The second-order valence-electron chi connectivity index (χ2n) is 5.69. The number of anilines is 1. The van der Waals surface area contributed by atoms with Crippen molar-refractivity contribution in [1.29, 1.82) is 0 Å². The zero-order chi connectivity index (χ0) is 22.4. The Morgan fingerprint density at radius 3 is 1.90 bits per heavy atom. The van der Waals surface area contributed by atoms with E-state index in [4.69, 9.17) is 10.5 Å². The Labute approximate surface area is 174 Å². The quantitative estimate of drug-likeness (QED) is 0.240. The lowest BCUT2D eigenvalue weighted by atomic mass is 10.2. The maximum absolute atomic E-state index is 11.0. The minimum Gasteiger partial charge on any atom is -0.463 e. The van der Waals surface area contributed by atoms with Crippen molar-refractivity contribution in [3.05, 3.63) is 81.9 Å². The van der Waals surface area contributed by atoms with Gasteiger partial charge in [0.2, 0.25) is 0 Å². The van der Waals surface area contributed by atoms with Gasteiger partial charge in [-0.05, 0) is 49.3 Å². The van der Waals surface area contributed by atoms with Crippen molar-refractivity contribution < 1.29 is 24.0 Å². The van der Waals surface area contributed by atoms with Crippen LogP contribution in [0.5, 0.6) is 0 Å². The third-order valence-corrected chi connectivity index (χ3v) is 3.39. The number of nitro benzene ring substituents is 1. The Bertz CT molecular complexity index is 921. The molecular formula is C22H24N2O6. The lowest BCUT2D eigenvalue weighted by Crippen LogP contribution is -1.98. The predicted octanol–water partition coefficient (Wildman–Crippen LogP) is 4.02. The molecule has 0 aliphatic carbocycles. The number of ether oxygens (including phenoxy) is 2. The molecule has 0 radical (unpaired) electrons. The van der Waals surface area contributed by atoms with Crippen molar-refractivity contribution in [2.75, 3.05) is 18.9 Å². The Morgan fingerprint density at radius 1 is 0.933 bits per heavy atom. The fraction of sp³-hybridized carbons (Fsp3) is 0.182. The number of rotatable bonds is 7. The first-order chi connectivity index (χ1) is 14.3. The number of hydrogen-bond acceptors (Lipinski definition) is 7. The van der Waals surface area contributed by atoms with Crippen LogP contribution < -0.4 is 5.73 Å². The highest BCUT2D eigenvalue weighted by atomic mass is 16.6. The van der Waals surface area contributed by atoms with Crippen molar-refractivity contribution >= 4 is 35.5 Å². The molecule has 0 unspecified atom stereocenters. The molecule has 0 aliphatic heterocycles. The standard InChI is InChI=1S/C11H11NO4.C11H13NO2/c1-2-16-11(13)7-6-9-4-3-5-10(8-9)12(14)15;1-2-14-11(13)7-6-9-4-3-5-10(12)8-9/h3-8H,2H2,1H3;3-8H,2,12H2,1H3/b2*7-6+. The van der Waals surface area contributed by atoms with Crippen molar-refractivity contribution in [3.63, 3.8) is 0 Å². The number of nitrogen functional groups attached to an aromatic ring is 1. The minimum atomic E-state index is -0.484. The number of esters is 2. The van der Waals surface area contributed by atoms with Gasteiger partial charge in [0.25, 0.3) is 5.69 Å². The summed E-state index contributed by atoms with van der Waals surface area (Å²) in [5, 5.41) is 10.5. The van der Waals surface area contributed by atoms with Gasteiger partial charge in [0.05, 0.1) is 18.1 Å². The molecule has 0 bridgehead atoms. The Hall–Kier alpha value is -3.94. The molecule has 8 heteroatoms. The summed E-state index contributed by atoms with van der Waals surface area (Å²) in [7, 11) is 0. The summed E-state index contributed by atoms with van der Waals surface area (Å²) in [5.41, 5.74) is 7.71. The first-order valence-electron chi connectivity index (χ1n) is 9.15. The predicted molar refractivity (Wildman–Crippen MR) is 115 cm³/mol. The minimum absolute atomic E-state index is 0.00833. The summed E-state index contributed by atoms with van der Waals surface area (Å²) < 4.78 is 9.42. The molecule has 8 nitrogen and oxygen atoms in total. The number of carbonyl (C=O) groups is 2. The van der Waals surface area contributed by atoms with Gasteiger partial charge in [-0.15, -0.1) is 0 Å². The molecule has 0 aromatic heterocycles. The lowest BCUT2D eigenvalue weighted by Gasteiger charge is -1.96. The van der Waals surface area contributed by atoms with Gasteiger partial charge in [-0.2, -0.15) is 0 Å². The molecule has 158 valence electrons. The molecule has 0 spiro atoms. The Kier molecular flexibility index (Phi) is 10.7. The molecule has 0 amide bonds. The number of nitrogens with zero attached hydrogens (tertiary/aromatic N) is 1. The second-order valence-corrected chi connectivity index (χ2v) is 5.69. The highest BCUT2D eigenvalue weighted by molar-refractivity contribution is 5.87. The van der Waals surface area contributed by atoms with Crippen LogP contribution in [0.3, 0.4) is 0 Å². The van der Waals surface area contributed by atoms with Gasteiger partial charge in [-0.25, -0.2) is 9.59 Å². The van der Waals surface area contributed by atoms with E-state index < -0.39 is 10.9 Å². The second kappa shape index (κ2) is 13.3. The third-order valence-electron chi connectivity index (χ3n) is 3.39. The normalized spacial score (nSPS) is 10.3. The monoisotopic (exact) mass is 412 g/mol. The summed E-state index contributed by atoms with van der Waals surface area (Å²) in [6.07, 6.45) is 5.78. The van der Waals surface area contributed by atoms with E-state index >= 15 is 0 Å². The maximum Gasteiger partial charge on any atom is 0.330 e. The van der Waals surface area contributed by atoms with Gasteiger partial charge in [-0.3, -0.25) is 10.1 Å². The topological polar surface area (TPSA) is 122 Å². The van der Waals surface area contributed by atoms with E-state index in [1.165, 1.54) is 30.4 Å². The zero-order valence-electron chi connectivity index (χ0n) is 16.8. The summed E-state index contributed by atoms with van der Waals surface area (Å²) in [5.74, 6) is -0.802. The summed E-state index contributed by atoms with van der Waals surface area (Å²) >= 11 is 0. The number of carbonyl (C=O) groups excluding carboxylic acids is 2. The molecule has 2 rings (SSSR count). The Balaban J connectivity index is 0.000000303. The largest absolute Gasteiger partial charge is 0.463 e. The van der Waals surface area contributed by atoms with Crippen LogP contribution in [-0.2, 0) is 19.1 Å². The van der Waals surface area contributed by atoms with E-state index in [2.05, 4.69) is 4.74 Å². The van der Waals surface area contributed by atoms with Gasteiger partial charge in [0, 0.05) is 30.0 Å². The first kappa shape index (κ1) is 24.1. The van der Waals surface area contributed by atoms with Gasteiger partial charge in [-0.1, -0.05) is 24.3 Å². The van der Waals surface area contributed by atoms with Crippen LogP contribution in [0.2, 0.25) is 0 Å². The van der Waals surface area contributed by atoms with Gasteiger partial charge < -0.3 is 15.2 Å². The van der Waals surface area contributed by atoms with Crippen molar-refractivity contribution in [3.8, 4) is 0 Å². The Morgan fingerprint density at radius 2 is 1.43 bits per heavy atom. The van der Waals surface area contributed by atoms with Crippen molar-refractivity contribution in [1.82, 2.24) is 0 Å². The van der Waals surface area contributed by atoms with Crippen molar-refractivity contribution in [2.24, 2.45) is 0 Å². The number of nitro groups is 1. The molecule has 2 aromatic carbocycles. The van der Waals surface area contributed by atoms with E-state index in [1.807, 2.05) is 12.1 Å². The molecule has 0 fully saturated rings. The highest BCUT2D eigenvalue weighted by Crippen LogP contribution is 2.14. The smallest absolute Gasteiger partial charge is 0.330 e. The van der Waals surface area contributed by atoms with Crippen LogP contribution in [0.25, 0.3) is 12.2 Å². The number of benzene rings is 2. The van der Waals surface area contributed by atoms with Crippen LogP contribution in [0.1, 0.15) is 25.0 Å². The fourth-order valence-corrected chi connectivity index (χ4v) is 2.11. The van der Waals surface area contributed by atoms with E-state index in [-0.39, 0.29) is 11.7 Å². The average molecular weight is 412 g/mol. The summed E-state index contributed by atoms with van der Waals surface area (Å²) in [6, 6.07) is 13.3. The van der Waals surface area contributed by atoms with Gasteiger partial charge >= 0.3 is 11.9 Å². The van der Waals surface area contributed by atoms with Gasteiger partial charge in [0.15, 0.2) is 0 Å². The zero-order valence-corrected chi connectivity index (χ0v) is 16.8. The van der Waals surface area contributed by atoms with E-state index in [0.717, 1.165) is 5.56 Å². The molecule has 0 atom stereocenters. The lowest BCUT2D eigenvalue weighted by molar-refractivity contribution is -0.384. The van der Waals surface area contributed by atoms with Gasteiger partial charge in [0.1, 0.15) is 0 Å². The SMILES string of the molecule is CCOC(=O)/C=C/c1cccc(N)c1.CCOC(=O)/C=C/c1cccc([N+](=O)[O-])c1. The maximum atomic E-state index is 11.0. The van der Waals surface area contributed by atoms with E-state index in [9.17, 15) is 19.7 Å². The molecule has 0 aliphatic rings. The summed E-state index contributed by atoms with van der Waals surface area (Å²) in [6.45, 7) is 4.17. The number of non-ortho nitro benzene ring substituents is 1. The van der Waals surface area contributed by atoms with Crippen molar-refractivity contribution in [2.45, 2.75) is 13.8 Å². The molecular weight excluding hydrogens is 388 g/mol. The molecule has 2 N–H and O–H groups in total. The van der Waals surface area contributed by atoms with Crippen LogP contribution in [0.15, 0.2) is 60.7 Å². The molecule has 0 saturated carbocycles. The molecule has 30 heavy (non-hydrogen) atoms. The first-order valence-corrected chi connectivity index (χ1v) is 9.15. The van der Waals surface area contributed by atoms with E-state index in [1.54, 1.807) is 44.2 Å².